The molecule has 1 aromatic carbocycles. The lowest BCUT2D eigenvalue weighted by atomic mass is 10.3. The van der Waals surface area contributed by atoms with Crippen molar-refractivity contribution in [2.75, 3.05) is 40.5 Å². The van der Waals surface area contributed by atoms with Crippen molar-refractivity contribution in [3.63, 3.8) is 0 Å². The van der Waals surface area contributed by atoms with E-state index in [9.17, 15) is 12.8 Å². The summed E-state index contributed by atoms with van der Waals surface area (Å²) >= 11 is 2.98. The van der Waals surface area contributed by atoms with Crippen LogP contribution in [0.15, 0.2) is 21.5 Å². The monoisotopic (exact) mass is 420 g/mol. The Labute approximate surface area is 144 Å². The molecule has 0 fully saturated rings. The van der Waals surface area contributed by atoms with E-state index >= 15 is 0 Å². The number of hydrogen-bond donors (Lipinski definition) is 2. The molecule has 0 atom stereocenters. The minimum absolute atomic E-state index is 0. The van der Waals surface area contributed by atoms with Crippen LogP contribution in [0.3, 0.4) is 0 Å². The summed E-state index contributed by atoms with van der Waals surface area (Å²) in [5, 5.41) is 2.99. The third-order valence-corrected chi connectivity index (χ3v) is 4.66. The summed E-state index contributed by atoms with van der Waals surface area (Å²) in [7, 11) is -0.936. The summed E-state index contributed by atoms with van der Waals surface area (Å²) in [4.78, 5) is -0.234. The topological polar surface area (TPSA) is 76.7 Å². The Morgan fingerprint density at radius 2 is 1.91 bits per heavy atom. The van der Waals surface area contributed by atoms with Crippen molar-refractivity contribution in [2.24, 2.45) is 0 Å². The van der Waals surface area contributed by atoms with Gasteiger partial charge in [-0.15, -0.1) is 12.4 Å². The third-order valence-electron chi connectivity index (χ3n) is 2.57. The van der Waals surface area contributed by atoms with Gasteiger partial charge in [0.25, 0.3) is 0 Å². The lowest BCUT2D eigenvalue weighted by Crippen LogP contribution is -2.33. The van der Waals surface area contributed by atoms with Crippen molar-refractivity contribution in [3.8, 4) is 5.75 Å². The number of ether oxygens (including phenoxy) is 2. The van der Waals surface area contributed by atoms with E-state index in [1.165, 1.54) is 13.2 Å². The van der Waals surface area contributed by atoms with Crippen LogP contribution in [0.1, 0.15) is 0 Å². The Kier molecular flexibility index (Phi) is 10.1. The molecule has 128 valence electrons. The van der Waals surface area contributed by atoms with Gasteiger partial charge >= 0.3 is 0 Å². The van der Waals surface area contributed by atoms with E-state index in [1.807, 2.05) is 0 Å². The molecule has 0 aliphatic carbocycles. The van der Waals surface area contributed by atoms with Gasteiger partial charge in [-0.1, -0.05) is 0 Å². The Morgan fingerprint density at radius 3 is 2.50 bits per heavy atom. The van der Waals surface area contributed by atoms with Crippen LogP contribution < -0.4 is 14.8 Å². The fourth-order valence-electron chi connectivity index (χ4n) is 1.53. The normalized spacial score (nSPS) is 11.1. The Morgan fingerprint density at radius 1 is 1.23 bits per heavy atom. The summed E-state index contributed by atoms with van der Waals surface area (Å²) in [5.41, 5.74) is 0. The molecular weight excluding hydrogens is 403 g/mol. The zero-order chi connectivity index (χ0) is 15.9. The maximum absolute atomic E-state index is 13.5. The number of benzene rings is 1. The SMILES string of the molecule is COCCNCCNS(=O)(=O)c1cc(F)c(Br)cc1OC.Cl. The highest BCUT2D eigenvalue weighted by Gasteiger charge is 2.21. The second kappa shape index (κ2) is 10.3. The van der Waals surface area contributed by atoms with Crippen LogP contribution in [0.25, 0.3) is 0 Å². The van der Waals surface area contributed by atoms with Gasteiger partial charge in [0.1, 0.15) is 16.5 Å². The molecule has 0 heterocycles. The molecule has 0 aromatic heterocycles. The quantitative estimate of drug-likeness (QED) is 0.592. The van der Waals surface area contributed by atoms with Crippen LogP contribution in [0.4, 0.5) is 4.39 Å². The summed E-state index contributed by atoms with van der Waals surface area (Å²) < 4.78 is 50.2. The Hall–Kier alpha value is -0.450. The average molecular weight is 422 g/mol. The van der Waals surface area contributed by atoms with Crippen molar-refractivity contribution >= 4 is 38.4 Å². The standard InChI is InChI=1S/C12H18BrFN2O4S.ClH/c1-19-6-5-15-3-4-16-21(17,18)12-8-10(14)9(13)7-11(12)20-2;/h7-8,15-16H,3-6H2,1-2H3;1H. The molecule has 0 bridgehead atoms. The molecule has 6 nitrogen and oxygen atoms in total. The van der Waals surface area contributed by atoms with Crippen molar-refractivity contribution in [3.05, 3.63) is 22.4 Å². The minimum Gasteiger partial charge on any atom is -0.495 e. The van der Waals surface area contributed by atoms with Crippen LogP contribution in [0, 0.1) is 5.82 Å². The highest BCUT2D eigenvalue weighted by molar-refractivity contribution is 9.10. The molecule has 2 N–H and O–H groups in total. The molecule has 0 aliphatic rings. The number of hydrogen-bond acceptors (Lipinski definition) is 5. The lowest BCUT2D eigenvalue weighted by Gasteiger charge is -2.12. The number of rotatable bonds is 9. The van der Waals surface area contributed by atoms with Gasteiger partial charge < -0.3 is 14.8 Å². The largest absolute Gasteiger partial charge is 0.495 e. The first-order chi connectivity index (χ1) is 9.92. The van der Waals surface area contributed by atoms with Crippen molar-refractivity contribution in [1.82, 2.24) is 10.0 Å². The number of halogens is 3. The van der Waals surface area contributed by atoms with E-state index in [1.54, 1.807) is 7.11 Å². The Bertz CT molecular complexity index is 574. The van der Waals surface area contributed by atoms with Gasteiger partial charge in [-0.05, 0) is 28.1 Å². The van der Waals surface area contributed by atoms with Gasteiger partial charge in [0.2, 0.25) is 10.0 Å². The molecule has 1 rings (SSSR count). The fraction of sp³-hybridized carbons (Fsp3) is 0.500. The maximum Gasteiger partial charge on any atom is 0.244 e. The van der Waals surface area contributed by atoms with Crippen LogP contribution >= 0.6 is 28.3 Å². The number of methoxy groups -OCH3 is 2. The second-order valence-corrected chi connectivity index (χ2v) is 6.65. The highest BCUT2D eigenvalue weighted by atomic mass is 79.9. The average Bonchev–Trinajstić information content (AvgIpc) is 2.45. The smallest absolute Gasteiger partial charge is 0.244 e. The molecule has 22 heavy (non-hydrogen) atoms. The van der Waals surface area contributed by atoms with Crippen molar-refractivity contribution in [2.45, 2.75) is 4.90 Å². The molecule has 0 saturated heterocycles. The molecular formula is C12H19BrClFN2O4S. The molecule has 0 aliphatic heterocycles. The van der Waals surface area contributed by atoms with Gasteiger partial charge in [0.05, 0.1) is 18.2 Å². The fourth-order valence-corrected chi connectivity index (χ4v) is 3.05. The first-order valence-electron chi connectivity index (χ1n) is 6.14. The second-order valence-electron chi connectivity index (χ2n) is 4.06. The maximum atomic E-state index is 13.5. The van der Waals surface area contributed by atoms with E-state index < -0.39 is 15.8 Å². The minimum atomic E-state index is -3.84. The molecule has 10 heteroatoms. The number of sulfonamides is 1. The number of nitrogens with one attached hydrogen (secondary N) is 2. The predicted molar refractivity (Wildman–Crippen MR) is 87.8 cm³/mol. The van der Waals surface area contributed by atoms with E-state index in [2.05, 4.69) is 26.0 Å². The third kappa shape index (κ3) is 6.35. The summed E-state index contributed by atoms with van der Waals surface area (Å²) in [6.07, 6.45) is 0. The van der Waals surface area contributed by atoms with E-state index in [0.717, 1.165) is 6.07 Å². The zero-order valence-electron chi connectivity index (χ0n) is 12.2. The van der Waals surface area contributed by atoms with Gasteiger partial charge in [-0.2, -0.15) is 0 Å². The van der Waals surface area contributed by atoms with E-state index in [0.29, 0.717) is 19.7 Å². The highest BCUT2D eigenvalue weighted by Crippen LogP contribution is 2.29. The molecule has 0 spiro atoms. The van der Waals surface area contributed by atoms with E-state index in [4.69, 9.17) is 9.47 Å². The zero-order valence-corrected chi connectivity index (χ0v) is 15.4. The molecule has 1 aromatic rings. The van der Waals surface area contributed by atoms with Gasteiger partial charge in [0.15, 0.2) is 0 Å². The molecule has 0 amide bonds. The summed E-state index contributed by atoms with van der Waals surface area (Å²) in [5.74, 6) is -0.600. The van der Waals surface area contributed by atoms with Crippen LogP contribution in [-0.2, 0) is 14.8 Å². The lowest BCUT2D eigenvalue weighted by molar-refractivity contribution is 0.199. The van der Waals surface area contributed by atoms with Crippen molar-refractivity contribution < 1.29 is 22.3 Å². The van der Waals surface area contributed by atoms with E-state index in [-0.39, 0.29) is 34.1 Å². The predicted octanol–water partition coefficient (Wildman–Crippen LogP) is 1.53. The van der Waals surface area contributed by atoms with Gasteiger partial charge in [-0.3, -0.25) is 0 Å². The van der Waals surface area contributed by atoms with Gasteiger partial charge in [-0.25, -0.2) is 17.5 Å². The summed E-state index contributed by atoms with van der Waals surface area (Å²) in [6, 6.07) is 2.20. The molecule has 0 unspecified atom stereocenters. The van der Waals surface area contributed by atoms with Gasteiger partial charge in [0, 0.05) is 26.7 Å². The van der Waals surface area contributed by atoms with Crippen LogP contribution in [0.2, 0.25) is 0 Å². The molecule has 0 saturated carbocycles. The first-order valence-corrected chi connectivity index (χ1v) is 8.42. The summed E-state index contributed by atoms with van der Waals surface area (Å²) in [6.45, 7) is 1.77. The molecule has 0 radical (unpaired) electrons. The first kappa shape index (κ1) is 21.6. The van der Waals surface area contributed by atoms with Crippen molar-refractivity contribution in [1.29, 1.82) is 0 Å². The Balaban J connectivity index is 0.00000441. The van der Waals surface area contributed by atoms with Crippen LogP contribution in [0.5, 0.6) is 5.75 Å². The van der Waals surface area contributed by atoms with Crippen LogP contribution in [-0.4, -0.2) is 48.9 Å².